The first-order valence-corrected chi connectivity index (χ1v) is 11.4. The van der Waals surface area contributed by atoms with E-state index in [-0.39, 0.29) is 17.3 Å². The fourth-order valence-corrected chi connectivity index (χ4v) is 5.21. The van der Waals surface area contributed by atoms with E-state index in [1.165, 1.54) is 23.4 Å². The molecule has 0 aliphatic carbocycles. The Morgan fingerprint density at radius 3 is 2.47 bits per heavy atom. The molecule has 160 valence electrons. The van der Waals surface area contributed by atoms with Gasteiger partial charge >= 0.3 is 0 Å². The zero-order valence-electron chi connectivity index (χ0n) is 17.1. The zero-order chi connectivity index (χ0) is 21.3. The van der Waals surface area contributed by atoms with Crippen LogP contribution in [0, 0.1) is 6.92 Å². The molecular formula is C20H25N5O4S. The largest absolute Gasteiger partial charge is 0.378 e. The molecule has 0 radical (unpaired) electrons. The van der Waals surface area contributed by atoms with Gasteiger partial charge in [-0.2, -0.15) is 4.31 Å². The predicted octanol–water partition coefficient (Wildman–Crippen LogP) is 1.33. The summed E-state index contributed by atoms with van der Waals surface area (Å²) in [5.74, 6) is 1.30. The van der Waals surface area contributed by atoms with E-state index in [1.54, 1.807) is 12.1 Å². The molecule has 1 aromatic heterocycles. The summed E-state index contributed by atoms with van der Waals surface area (Å²) in [6.07, 6.45) is 0.541. The van der Waals surface area contributed by atoms with Gasteiger partial charge in [-0.3, -0.25) is 4.79 Å². The molecule has 1 saturated heterocycles. The molecule has 0 unspecified atom stereocenters. The van der Waals surface area contributed by atoms with E-state index in [2.05, 4.69) is 20.2 Å². The van der Waals surface area contributed by atoms with Gasteiger partial charge in [0.25, 0.3) is 0 Å². The summed E-state index contributed by atoms with van der Waals surface area (Å²) in [6, 6.07) is 6.23. The maximum atomic E-state index is 13.2. The van der Waals surface area contributed by atoms with Crippen molar-refractivity contribution in [3.8, 4) is 0 Å². The molecule has 1 amide bonds. The Labute approximate surface area is 176 Å². The van der Waals surface area contributed by atoms with Crippen molar-refractivity contribution in [1.29, 1.82) is 0 Å². The smallest absolute Gasteiger partial charge is 0.243 e. The van der Waals surface area contributed by atoms with Crippen LogP contribution >= 0.6 is 0 Å². The fourth-order valence-electron chi connectivity index (χ4n) is 3.80. The van der Waals surface area contributed by atoms with Crippen LogP contribution in [0.4, 0.5) is 11.5 Å². The Kier molecular flexibility index (Phi) is 5.72. The standard InChI is InChI=1S/C20H25N5O4S/c1-14-21-19-7-8-25(13-18(19)20(22-14)24-9-11-29-12-10-24)30(27,28)17-5-3-16(4-6-17)23-15(2)26/h3-6H,7-13H2,1-2H3,(H,23,26). The maximum absolute atomic E-state index is 13.2. The summed E-state index contributed by atoms with van der Waals surface area (Å²) in [6.45, 7) is 6.57. The number of aromatic nitrogens is 2. The second-order valence-corrected chi connectivity index (χ2v) is 9.35. The number of nitrogens with zero attached hydrogens (tertiary/aromatic N) is 4. The highest BCUT2D eigenvalue weighted by Crippen LogP contribution is 2.30. The number of benzene rings is 1. The van der Waals surface area contributed by atoms with Crippen LogP contribution in [0.1, 0.15) is 24.0 Å². The van der Waals surface area contributed by atoms with Crippen molar-refractivity contribution in [3.63, 3.8) is 0 Å². The second-order valence-electron chi connectivity index (χ2n) is 7.41. The van der Waals surface area contributed by atoms with E-state index in [1.807, 2.05) is 6.92 Å². The number of anilines is 2. The molecule has 0 spiro atoms. The highest BCUT2D eigenvalue weighted by atomic mass is 32.2. The topological polar surface area (TPSA) is 105 Å². The van der Waals surface area contributed by atoms with Crippen molar-refractivity contribution < 1.29 is 17.9 Å². The lowest BCUT2D eigenvalue weighted by atomic mass is 10.1. The molecule has 30 heavy (non-hydrogen) atoms. The number of fused-ring (bicyclic) bond motifs is 1. The fraction of sp³-hybridized carbons (Fsp3) is 0.450. The lowest BCUT2D eigenvalue weighted by Gasteiger charge is -2.34. The third-order valence-electron chi connectivity index (χ3n) is 5.24. The van der Waals surface area contributed by atoms with Crippen molar-refractivity contribution in [2.75, 3.05) is 43.1 Å². The van der Waals surface area contributed by atoms with Gasteiger partial charge in [-0.25, -0.2) is 18.4 Å². The molecular weight excluding hydrogens is 406 g/mol. The molecule has 0 atom stereocenters. The molecule has 2 aliphatic heterocycles. The van der Waals surface area contributed by atoms with Crippen LogP contribution in [-0.2, 0) is 32.5 Å². The number of ether oxygens (including phenoxy) is 1. The molecule has 1 N–H and O–H groups in total. The Bertz CT molecular complexity index is 1050. The maximum Gasteiger partial charge on any atom is 0.243 e. The molecule has 4 rings (SSSR count). The number of hydrogen-bond acceptors (Lipinski definition) is 7. The first kappa shape index (κ1) is 20.7. The normalized spacial score (nSPS) is 17.5. The SMILES string of the molecule is CC(=O)Nc1ccc(S(=O)(=O)N2CCc3nc(C)nc(N4CCOCC4)c3C2)cc1. The van der Waals surface area contributed by atoms with Crippen molar-refractivity contribution in [3.05, 3.63) is 41.3 Å². The summed E-state index contributed by atoms with van der Waals surface area (Å²) in [5, 5.41) is 2.65. The van der Waals surface area contributed by atoms with Crippen LogP contribution in [0.3, 0.4) is 0 Å². The van der Waals surface area contributed by atoms with E-state index in [4.69, 9.17) is 4.74 Å². The van der Waals surface area contributed by atoms with E-state index in [0.29, 0.717) is 37.7 Å². The van der Waals surface area contributed by atoms with Gasteiger partial charge in [0.05, 0.1) is 23.8 Å². The molecule has 2 aliphatic rings. The summed E-state index contributed by atoms with van der Waals surface area (Å²) in [5.41, 5.74) is 2.34. The average molecular weight is 432 g/mol. The molecule has 0 bridgehead atoms. The molecule has 9 nitrogen and oxygen atoms in total. The van der Waals surface area contributed by atoms with Crippen molar-refractivity contribution in [2.24, 2.45) is 0 Å². The highest BCUT2D eigenvalue weighted by molar-refractivity contribution is 7.89. The van der Waals surface area contributed by atoms with Gasteiger partial charge in [0.15, 0.2) is 0 Å². The number of carbonyl (C=O) groups excluding carboxylic acids is 1. The van der Waals surface area contributed by atoms with Gasteiger partial charge in [0.1, 0.15) is 11.6 Å². The minimum Gasteiger partial charge on any atom is -0.378 e. The molecule has 2 aromatic rings. The van der Waals surface area contributed by atoms with E-state index < -0.39 is 10.0 Å². The van der Waals surface area contributed by atoms with Crippen LogP contribution < -0.4 is 10.2 Å². The van der Waals surface area contributed by atoms with Crippen LogP contribution in [0.2, 0.25) is 0 Å². The average Bonchev–Trinajstić information content (AvgIpc) is 2.73. The Morgan fingerprint density at radius 1 is 1.10 bits per heavy atom. The summed E-state index contributed by atoms with van der Waals surface area (Å²) < 4.78 is 33.4. The first-order chi connectivity index (χ1) is 14.3. The van der Waals surface area contributed by atoms with E-state index >= 15 is 0 Å². The number of carbonyl (C=O) groups is 1. The van der Waals surface area contributed by atoms with Crippen LogP contribution in [0.15, 0.2) is 29.2 Å². The predicted molar refractivity (Wildman–Crippen MR) is 112 cm³/mol. The highest BCUT2D eigenvalue weighted by Gasteiger charge is 2.32. The number of aryl methyl sites for hydroxylation is 1. The summed E-state index contributed by atoms with van der Waals surface area (Å²) in [7, 11) is -3.69. The molecule has 3 heterocycles. The van der Waals surface area contributed by atoms with Crippen molar-refractivity contribution in [1.82, 2.24) is 14.3 Å². The Balaban J connectivity index is 1.62. The lowest BCUT2D eigenvalue weighted by molar-refractivity contribution is -0.114. The third-order valence-corrected chi connectivity index (χ3v) is 7.10. The molecule has 1 fully saturated rings. The second kappa shape index (κ2) is 8.29. The quantitative estimate of drug-likeness (QED) is 0.779. The van der Waals surface area contributed by atoms with Gasteiger partial charge in [-0.05, 0) is 31.2 Å². The van der Waals surface area contributed by atoms with Gasteiger partial charge in [-0.1, -0.05) is 0 Å². The first-order valence-electron chi connectivity index (χ1n) is 9.91. The van der Waals surface area contributed by atoms with Crippen LogP contribution in [0.25, 0.3) is 0 Å². The van der Waals surface area contributed by atoms with E-state index in [9.17, 15) is 13.2 Å². The number of nitrogens with one attached hydrogen (secondary N) is 1. The van der Waals surface area contributed by atoms with Crippen LogP contribution in [0.5, 0.6) is 0 Å². The number of hydrogen-bond donors (Lipinski definition) is 1. The van der Waals surface area contributed by atoms with Crippen LogP contribution in [-0.4, -0.2) is 61.4 Å². The summed E-state index contributed by atoms with van der Waals surface area (Å²) >= 11 is 0. The summed E-state index contributed by atoms with van der Waals surface area (Å²) in [4.78, 5) is 22.7. The lowest BCUT2D eigenvalue weighted by Crippen LogP contribution is -2.41. The molecule has 0 saturated carbocycles. The Morgan fingerprint density at radius 2 is 1.80 bits per heavy atom. The van der Waals surface area contributed by atoms with Gasteiger partial charge in [-0.15, -0.1) is 0 Å². The van der Waals surface area contributed by atoms with Gasteiger partial charge in [0, 0.05) is 50.8 Å². The molecule has 10 heteroatoms. The number of morpholine rings is 1. The van der Waals surface area contributed by atoms with E-state index in [0.717, 1.165) is 30.2 Å². The third kappa shape index (κ3) is 4.16. The minimum atomic E-state index is -3.69. The minimum absolute atomic E-state index is 0.195. The number of amides is 1. The number of sulfonamides is 1. The van der Waals surface area contributed by atoms with Crippen molar-refractivity contribution in [2.45, 2.75) is 31.7 Å². The Hall–Kier alpha value is -2.56. The molecule has 1 aromatic carbocycles. The number of rotatable bonds is 4. The monoisotopic (exact) mass is 431 g/mol. The van der Waals surface area contributed by atoms with Gasteiger partial charge < -0.3 is 15.0 Å². The zero-order valence-corrected chi connectivity index (χ0v) is 17.9. The van der Waals surface area contributed by atoms with Crippen molar-refractivity contribution >= 4 is 27.4 Å². The van der Waals surface area contributed by atoms with Gasteiger partial charge in [0.2, 0.25) is 15.9 Å².